The Kier molecular flexibility index (Phi) is 6.80. The molecule has 0 fully saturated rings. The first-order valence-electron chi connectivity index (χ1n) is 13.0. The Labute approximate surface area is 220 Å². The summed E-state index contributed by atoms with van der Waals surface area (Å²) in [5.74, 6) is -0.0675. The number of ketones is 1. The van der Waals surface area contributed by atoms with Crippen LogP contribution in [0.3, 0.4) is 0 Å². The Morgan fingerprint density at radius 1 is 1.00 bits per heavy atom. The lowest BCUT2D eigenvalue weighted by Gasteiger charge is -2.34. The molecule has 4 nitrogen and oxygen atoms in total. The molecule has 0 amide bonds. The van der Waals surface area contributed by atoms with Crippen LogP contribution >= 0.6 is 0 Å². The van der Waals surface area contributed by atoms with E-state index in [2.05, 4.69) is 40.7 Å². The van der Waals surface area contributed by atoms with E-state index in [1.165, 1.54) is 6.20 Å². The van der Waals surface area contributed by atoms with Crippen LogP contribution < -0.4 is 5.32 Å². The number of alkyl halides is 3. The maximum absolute atomic E-state index is 14.1. The summed E-state index contributed by atoms with van der Waals surface area (Å²) in [5.41, 5.74) is 2.80. The van der Waals surface area contributed by atoms with Crippen LogP contribution in [0.2, 0.25) is 0 Å². The lowest BCUT2D eigenvalue weighted by molar-refractivity contribution is -0.173. The third-order valence-corrected chi connectivity index (χ3v) is 7.46. The van der Waals surface area contributed by atoms with Crippen LogP contribution in [0.5, 0.6) is 0 Å². The maximum Gasteiger partial charge on any atom is 0.410 e. The molecule has 3 aromatic carbocycles. The molecule has 0 saturated heterocycles. The van der Waals surface area contributed by atoms with E-state index in [0.29, 0.717) is 6.42 Å². The number of hydrogen-bond acceptors (Lipinski definition) is 3. The number of rotatable bonds is 7. The van der Waals surface area contributed by atoms with Gasteiger partial charge in [-0.25, -0.2) is 4.68 Å². The summed E-state index contributed by atoms with van der Waals surface area (Å²) in [6.45, 7) is 6.06. The number of aryl methyl sites for hydroxylation is 1. The Morgan fingerprint density at radius 2 is 1.68 bits per heavy atom. The molecule has 4 aromatic rings. The molecule has 2 heterocycles. The summed E-state index contributed by atoms with van der Waals surface area (Å²) in [7, 11) is 0. The number of nitrogens with zero attached hydrogens (tertiary/aromatic N) is 2. The van der Waals surface area contributed by atoms with Crippen LogP contribution in [0.15, 0.2) is 72.9 Å². The number of anilines is 1. The van der Waals surface area contributed by atoms with Gasteiger partial charge in [0.15, 0.2) is 11.8 Å². The first-order valence-corrected chi connectivity index (χ1v) is 13.0. The van der Waals surface area contributed by atoms with Crippen LogP contribution in [0, 0.1) is 5.41 Å². The highest BCUT2D eigenvalue weighted by Crippen LogP contribution is 2.45. The molecule has 0 bridgehead atoms. The quantitative estimate of drug-likeness (QED) is 0.251. The zero-order valence-electron chi connectivity index (χ0n) is 21.8. The van der Waals surface area contributed by atoms with Crippen molar-refractivity contribution in [2.45, 2.75) is 64.7 Å². The molecule has 1 N–H and O–H groups in total. The fourth-order valence-corrected chi connectivity index (χ4v) is 5.46. The Hall–Kier alpha value is -3.61. The lowest BCUT2D eigenvalue weighted by Crippen LogP contribution is -2.36. The molecule has 1 aromatic heterocycles. The molecule has 1 aliphatic rings. The predicted octanol–water partition coefficient (Wildman–Crippen LogP) is 8.10. The summed E-state index contributed by atoms with van der Waals surface area (Å²) < 4.78 is 43.2. The normalized spacial score (nSPS) is 17.7. The van der Waals surface area contributed by atoms with Crippen LogP contribution in [0.4, 0.5) is 19.0 Å². The molecular weight excluding hydrogens is 487 g/mol. The van der Waals surface area contributed by atoms with E-state index in [0.717, 1.165) is 38.6 Å². The van der Waals surface area contributed by atoms with Crippen molar-refractivity contribution in [3.63, 3.8) is 0 Å². The summed E-state index contributed by atoms with van der Waals surface area (Å²) in [5, 5.41) is 9.55. The summed E-state index contributed by atoms with van der Waals surface area (Å²) in [6, 6.07) is 19.6. The van der Waals surface area contributed by atoms with Crippen molar-refractivity contribution in [2.24, 2.45) is 5.41 Å². The van der Waals surface area contributed by atoms with Crippen molar-refractivity contribution >= 4 is 22.4 Å². The van der Waals surface area contributed by atoms with Gasteiger partial charge in [0, 0.05) is 12.8 Å². The van der Waals surface area contributed by atoms with Gasteiger partial charge in [0.2, 0.25) is 0 Å². The zero-order chi connectivity index (χ0) is 27.1. The first kappa shape index (κ1) is 26.0. The number of carbonyl (C=O) groups excluding carboxylic acids is 1. The zero-order valence-corrected chi connectivity index (χ0v) is 21.8. The second-order valence-electron chi connectivity index (χ2n) is 11.1. The van der Waals surface area contributed by atoms with E-state index >= 15 is 0 Å². The lowest BCUT2D eigenvalue weighted by atomic mass is 9.80. The van der Waals surface area contributed by atoms with E-state index in [4.69, 9.17) is 0 Å². The average Bonchev–Trinajstić information content (AvgIpc) is 3.31. The number of hydrogen-bond donors (Lipinski definition) is 1. The molecule has 5 rings (SSSR count). The van der Waals surface area contributed by atoms with Crippen LogP contribution in [-0.2, 0) is 12.8 Å². The van der Waals surface area contributed by atoms with E-state index in [1.807, 2.05) is 57.2 Å². The SMILES string of the molecule is CCc1ccc(C2CC(C(F)(F)F)n3ncc(C(=O)CC(C)(C)Cc4ccc5ccccc5c4)c3N2)cc1. The molecule has 0 spiro atoms. The number of carbonyl (C=O) groups is 1. The van der Waals surface area contributed by atoms with Crippen LogP contribution in [0.25, 0.3) is 10.8 Å². The molecule has 2 atom stereocenters. The highest BCUT2D eigenvalue weighted by atomic mass is 19.4. The Morgan fingerprint density at radius 3 is 2.37 bits per heavy atom. The topological polar surface area (TPSA) is 46.9 Å². The minimum atomic E-state index is -4.49. The van der Waals surface area contributed by atoms with Crippen molar-refractivity contribution in [3.05, 3.63) is 95.2 Å². The van der Waals surface area contributed by atoms with Crippen molar-refractivity contribution in [3.8, 4) is 0 Å². The summed E-state index contributed by atoms with van der Waals surface area (Å²) >= 11 is 0. The van der Waals surface area contributed by atoms with Gasteiger partial charge in [-0.05, 0) is 45.7 Å². The monoisotopic (exact) mass is 519 g/mol. The second-order valence-corrected chi connectivity index (χ2v) is 11.1. The number of fused-ring (bicyclic) bond motifs is 2. The third-order valence-electron chi connectivity index (χ3n) is 7.46. The maximum atomic E-state index is 14.1. The first-order chi connectivity index (χ1) is 18.0. The predicted molar refractivity (Wildman–Crippen MR) is 145 cm³/mol. The van der Waals surface area contributed by atoms with E-state index in [1.54, 1.807) is 0 Å². The smallest absolute Gasteiger partial charge is 0.363 e. The second kappa shape index (κ2) is 9.93. The van der Waals surface area contributed by atoms with Crippen molar-refractivity contribution in [1.29, 1.82) is 0 Å². The molecule has 7 heteroatoms. The highest BCUT2D eigenvalue weighted by molar-refractivity contribution is 6.01. The number of halogens is 3. The van der Waals surface area contributed by atoms with Gasteiger partial charge in [-0.3, -0.25) is 4.79 Å². The number of aromatic nitrogens is 2. The van der Waals surface area contributed by atoms with Crippen LogP contribution in [0.1, 0.15) is 72.7 Å². The van der Waals surface area contributed by atoms with Crippen molar-refractivity contribution < 1.29 is 18.0 Å². The summed E-state index contributed by atoms with van der Waals surface area (Å²) in [6.07, 6.45) is -1.68. The molecule has 0 radical (unpaired) electrons. The van der Waals surface area contributed by atoms with Crippen LogP contribution in [-0.4, -0.2) is 21.7 Å². The van der Waals surface area contributed by atoms with Gasteiger partial charge in [0.25, 0.3) is 0 Å². The number of nitrogens with one attached hydrogen (secondary N) is 1. The highest BCUT2D eigenvalue weighted by Gasteiger charge is 2.47. The van der Waals surface area contributed by atoms with E-state index in [-0.39, 0.29) is 30.0 Å². The van der Waals surface area contributed by atoms with Gasteiger partial charge in [-0.1, -0.05) is 87.5 Å². The summed E-state index contributed by atoms with van der Waals surface area (Å²) in [4.78, 5) is 13.5. The molecule has 0 saturated carbocycles. The number of benzene rings is 3. The van der Waals surface area contributed by atoms with Crippen molar-refractivity contribution in [1.82, 2.24) is 9.78 Å². The molecule has 0 aliphatic carbocycles. The molecule has 2 unspecified atom stereocenters. The van der Waals surface area contributed by atoms with Gasteiger partial charge >= 0.3 is 6.18 Å². The average molecular weight is 520 g/mol. The largest absolute Gasteiger partial charge is 0.410 e. The van der Waals surface area contributed by atoms with Crippen molar-refractivity contribution in [2.75, 3.05) is 5.32 Å². The molecule has 198 valence electrons. The minimum absolute atomic E-state index is 0.148. The number of Topliss-reactive ketones (excluding diaryl/α,β-unsaturated/α-hetero) is 1. The minimum Gasteiger partial charge on any atom is -0.363 e. The van der Waals surface area contributed by atoms with Gasteiger partial charge in [-0.2, -0.15) is 18.3 Å². The van der Waals surface area contributed by atoms with Gasteiger partial charge in [-0.15, -0.1) is 0 Å². The Balaban J connectivity index is 1.39. The molecule has 38 heavy (non-hydrogen) atoms. The standard InChI is InChI=1S/C31H32F3N3O/c1-4-20-9-13-23(14-10-20)26-16-28(31(32,33)34)37-29(36-26)25(19-35-37)27(38)18-30(2,3)17-21-11-12-22-7-5-6-8-24(22)15-21/h5-15,19,26,28,36H,4,16-18H2,1-3H3. The molecular formula is C31H32F3N3O. The van der Waals surface area contributed by atoms with E-state index in [9.17, 15) is 18.0 Å². The van der Waals surface area contributed by atoms with Gasteiger partial charge in [0.1, 0.15) is 5.82 Å². The van der Waals surface area contributed by atoms with Gasteiger partial charge in [0.05, 0.1) is 17.8 Å². The van der Waals surface area contributed by atoms with Gasteiger partial charge < -0.3 is 5.32 Å². The Bertz CT molecular complexity index is 1450. The fraction of sp³-hybridized carbons (Fsp3) is 0.355. The fourth-order valence-electron chi connectivity index (χ4n) is 5.46. The van der Waals surface area contributed by atoms with E-state index < -0.39 is 23.7 Å². The molecule has 1 aliphatic heterocycles. The third kappa shape index (κ3) is 5.33.